The lowest BCUT2D eigenvalue weighted by atomic mass is 10.1. The summed E-state index contributed by atoms with van der Waals surface area (Å²) in [5.74, 6) is 1.16. The lowest BCUT2D eigenvalue weighted by molar-refractivity contribution is 0.161. The molecule has 0 aliphatic heterocycles. The van der Waals surface area contributed by atoms with Gasteiger partial charge in [0.15, 0.2) is 0 Å². The second kappa shape index (κ2) is 3.34. The van der Waals surface area contributed by atoms with Gasteiger partial charge in [-0.25, -0.2) is 4.98 Å². The van der Waals surface area contributed by atoms with Crippen LogP contribution in [0.3, 0.4) is 0 Å². The molecule has 70 valence electrons. The van der Waals surface area contributed by atoms with Crippen molar-refractivity contribution < 1.29 is 5.11 Å². The summed E-state index contributed by atoms with van der Waals surface area (Å²) in [6.07, 6.45) is 4.54. The number of aliphatic hydroxyl groups is 1. The summed E-state index contributed by atoms with van der Waals surface area (Å²) in [5.41, 5.74) is 6.42. The van der Waals surface area contributed by atoms with Crippen LogP contribution in [0.15, 0.2) is 18.3 Å². The Hall–Kier alpha value is -1.09. The molecule has 0 radical (unpaired) electrons. The van der Waals surface area contributed by atoms with Crippen LogP contribution >= 0.6 is 0 Å². The number of rotatable bonds is 3. The highest BCUT2D eigenvalue weighted by molar-refractivity contribution is 5.40. The summed E-state index contributed by atoms with van der Waals surface area (Å²) in [5, 5.41) is 9.79. The minimum atomic E-state index is -0.429. The molecule has 1 aliphatic carbocycles. The molecule has 0 saturated heterocycles. The average Bonchev–Trinajstić information content (AvgIpc) is 2.89. The number of aliphatic hydroxyl groups excluding tert-OH is 1. The van der Waals surface area contributed by atoms with Gasteiger partial charge in [-0.3, -0.25) is 0 Å². The molecule has 3 nitrogen and oxygen atoms in total. The molecule has 0 bridgehead atoms. The van der Waals surface area contributed by atoms with Crippen molar-refractivity contribution >= 4 is 5.82 Å². The third kappa shape index (κ3) is 1.98. The predicted octanol–water partition coefficient (Wildman–Crippen LogP) is 1.50. The molecule has 2 rings (SSSR count). The van der Waals surface area contributed by atoms with Crippen molar-refractivity contribution in [3.8, 4) is 0 Å². The number of nitrogens with two attached hydrogens (primary N) is 1. The van der Waals surface area contributed by atoms with Gasteiger partial charge in [-0.2, -0.15) is 0 Å². The number of hydrogen-bond donors (Lipinski definition) is 2. The Morgan fingerprint density at radius 1 is 1.62 bits per heavy atom. The maximum Gasteiger partial charge on any atom is 0.129 e. The first-order chi connectivity index (χ1) is 6.27. The minimum Gasteiger partial charge on any atom is -0.388 e. The standard InChI is InChI=1S/C10H14N2O/c11-10-8(2-1-5-12-10)9(13)6-7-3-4-7/h1-2,5,7,9,13H,3-4,6H2,(H2,11,12). The molecule has 0 spiro atoms. The summed E-state index contributed by atoms with van der Waals surface area (Å²) in [6.45, 7) is 0. The van der Waals surface area contributed by atoms with E-state index in [0.29, 0.717) is 11.7 Å². The van der Waals surface area contributed by atoms with Gasteiger partial charge >= 0.3 is 0 Å². The van der Waals surface area contributed by atoms with Crippen molar-refractivity contribution in [3.05, 3.63) is 23.9 Å². The first kappa shape index (κ1) is 8.51. The Balaban J connectivity index is 2.09. The highest BCUT2D eigenvalue weighted by Crippen LogP contribution is 2.38. The maximum absolute atomic E-state index is 9.79. The van der Waals surface area contributed by atoms with Gasteiger partial charge in [-0.15, -0.1) is 0 Å². The molecule has 0 aromatic carbocycles. The molecule has 0 amide bonds. The van der Waals surface area contributed by atoms with Crippen molar-refractivity contribution in [2.45, 2.75) is 25.4 Å². The fraction of sp³-hybridized carbons (Fsp3) is 0.500. The second-order valence-corrected chi connectivity index (χ2v) is 3.67. The first-order valence-electron chi connectivity index (χ1n) is 4.66. The molecule has 3 N–H and O–H groups in total. The molecule has 1 atom stereocenters. The van der Waals surface area contributed by atoms with E-state index >= 15 is 0 Å². The molecule has 1 aromatic heterocycles. The fourth-order valence-corrected chi connectivity index (χ4v) is 1.51. The SMILES string of the molecule is Nc1ncccc1C(O)CC1CC1. The number of hydrogen-bond acceptors (Lipinski definition) is 3. The van der Waals surface area contributed by atoms with Gasteiger partial charge in [0.05, 0.1) is 6.10 Å². The lowest BCUT2D eigenvalue weighted by Gasteiger charge is -2.11. The molecule has 1 unspecified atom stereocenters. The van der Waals surface area contributed by atoms with Gasteiger partial charge in [0.25, 0.3) is 0 Å². The van der Waals surface area contributed by atoms with E-state index in [1.807, 2.05) is 12.1 Å². The quantitative estimate of drug-likeness (QED) is 0.737. The number of aromatic nitrogens is 1. The smallest absolute Gasteiger partial charge is 0.129 e. The fourth-order valence-electron chi connectivity index (χ4n) is 1.51. The van der Waals surface area contributed by atoms with Gasteiger partial charge in [-0.05, 0) is 18.4 Å². The van der Waals surface area contributed by atoms with Crippen molar-refractivity contribution in [2.24, 2.45) is 5.92 Å². The summed E-state index contributed by atoms with van der Waals surface area (Å²) in [7, 11) is 0. The molecule has 1 heterocycles. The highest BCUT2D eigenvalue weighted by atomic mass is 16.3. The first-order valence-corrected chi connectivity index (χ1v) is 4.66. The molecule has 1 aliphatic rings. The Morgan fingerprint density at radius 2 is 2.38 bits per heavy atom. The molecule has 1 aromatic rings. The monoisotopic (exact) mass is 178 g/mol. The van der Waals surface area contributed by atoms with E-state index in [1.54, 1.807) is 6.20 Å². The topological polar surface area (TPSA) is 59.1 Å². The average molecular weight is 178 g/mol. The Kier molecular flexibility index (Phi) is 2.19. The van der Waals surface area contributed by atoms with Crippen LogP contribution in [0.4, 0.5) is 5.82 Å². The minimum absolute atomic E-state index is 0.429. The summed E-state index contributed by atoms with van der Waals surface area (Å²) >= 11 is 0. The second-order valence-electron chi connectivity index (χ2n) is 3.67. The van der Waals surface area contributed by atoms with Crippen molar-refractivity contribution in [3.63, 3.8) is 0 Å². The van der Waals surface area contributed by atoms with Crippen LogP contribution in [-0.2, 0) is 0 Å². The van der Waals surface area contributed by atoms with Crippen LogP contribution in [0.25, 0.3) is 0 Å². The molecular formula is C10H14N2O. The van der Waals surface area contributed by atoms with Gasteiger partial charge in [0, 0.05) is 11.8 Å². The molecule has 3 heteroatoms. The summed E-state index contributed by atoms with van der Waals surface area (Å²) < 4.78 is 0. The van der Waals surface area contributed by atoms with Crippen LogP contribution in [-0.4, -0.2) is 10.1 Å². The van der Waals surface area contributed by atoms with Crippen LogP contribution in [0, 0.1) is 5.92 Å². The molecule has 1 saturated carbocycles. The maximum atomic E-state index is 9.79. The number of anilines is 1. The van der Waals surface area contributed by atoms with Gasteiger partial charge < -0.3 is 10.8 Å². The van der Waals surface area contributed by atoms with Crippen molar-refractivity contribution in [1.29, 1.82) is 0 Å². The Morgan fingerprint density at radius 3 is 3.00 bits per heavy atom. The van der Waals surface area contributed by atoms with E-state index in [-0.39, 0.29) is 0 Å². The van der Waals surface area contributed by atoms with Gasteiger partial charge in [0.1, 0.15) is 5.82 Å². The van der Waals surface area contributed by atoms with Crippen LogP contribution in [0.1, 0.15) is 30.9 Å². The lowest BCUT2D eigenvalue weighted by Crippen LogP contribution is -2.04. The third-order valence-electron chi connectivity index (χ3n) is 2.48. The largest absolute Gasteiger partial charge is 0.388 e. The normalized spacial score (nSPS) is 18.5. The van der Waals surface area contributed by atoms with Crippen LogP contribution < -0.4 is 5.73 Å². The third-order valence-corrected chi connectivity index (χ3v) is 2.48. The zero-order chi connectivity index (χ0) is 9.26. The highest BCUT2D eigenvalue weighted by Gasteiger charge is 2.25. The number of nitrogen functional groups attached to an aromatic ring is 1. The summed E-state index contributed by atoms with van der Waals surface area (Å²) in [4.78, 5) is 3.95. The zero-order valence-electron chi connectivity index (χ0n) is 7.48. The van der Waals surface area contributed by atoms with Crippen molar-refractivity contribution in [2.75, 3.05) is 5.73 Å². The van der Waals surface area contributed by atoms with E-state index in [9.17, 15) is 5.11 Å². The Bertz CT molecular complexity index is 297. The molecule has 13 heavy (non-hydrogen) atoms. The Labute approximate surface area is 77.6 Å². The van der Waals surface area contributed by atoms with E-state index in [0.717, 1.165) is 12.0 Å². The zero-order valence-corrected chi connectivity index (χ0v) is 7.48. The van der Waals surface area contributed by atoms with E-state index in [2.05, 4.69) is 4.98 Å². The van der Waals surface area contributed by atoms with Gasteiger partial charge in [-0.1, -0.05) is 18.9 Å². The predicted molar refractivity (Wildman–Crippen MR) is 51.0 cm³/mol. The summed E-state index contributed by atoms with van der Waals surface area (Å²) in [6, 6.07) is 3.65. The van der Waals surface area contributed by atoms with Crippen LogP contribution in [0.5, 0.6) is 0 Å². The molecular weight excluding hydrogens is 164 g/mol. The number of pyridine rings is 1. The van der Waals surface area contributed by atoms with Crippen molar-refractivity contribution in [1.82, 2.24) is 4.98 Å². The van der Waals surface area contributed by atoms with E-state index in [1.165, 1.54) is 12.8 Å². The number of nitrogens with zero attached hydrogens (tertiary/aromatic N) is 1. The van der Waals surface area contributed by atoms with Gasteiger partial charge in [0.2, 0.25) is 0 Å². The molecule has 1 fully saturated rings. The van der Waals surface area contributed by atoms with E-state index < -0.39 is 6.10 Å². The van der Waals surface area contributed by atoms with Crippen LogP contribution in [0.2, 0.25) is 0 Å². The van der Waals surface area contributed by atoms with E-state index in [4.69, 9.17) is 5.73 Å².